The first-order valence-electron chi connectivity index (χ1n) is 6.14. The predicted octanol–water partition coefficient (Wildman–Crippen LogP) is 2.44. The van der Waals surface area contributed by atoms with E-state index < -0.39 is 0 Å². The smallest absolute Gasteiger partial charge is 0.169 e. The van der Waals surface area contributed by atoms with Gasteiger partial charge in [-0.2, -0.15) is 0 Å². The number of rotatable bonds is 4. The number of aliphatic imine (C=N–C) groups is 1. The Kier molecular flexibility index (Phi) is 6.79. The molecule has 0 aromatic carbocycles. The molecule has 0 aliphatic carbocycles. The molecule has 0 amide bonds. The van der Waals surface area contributed by atoms with Crippen molar-refractivity contribution in [3.8, 4) is 0 Å². The molecule has 2 N–H and O–H groups in total. The molecule has 94 valence electrons. The highest BCUT2D eigenvalue weighted by Crippen LogP contribution is 2.11. The molecule has 1 aliphatic rings. The number of aryl methyl sites for hydroxylation is 1. The van der Waals surface area contributed by atoms with E-state index in [0.29, 0.717) is 5.82 Å². The van der Waals surface area contributed by atoms with Crippen molar-refractivity contribution in [3.05, 3.63) is 23.9 Å². The third kappa shape index (κ3) is 5.90. The third-order valence-electron chi connectivity index (χ3n) is 2.46. The molecule has 0 spiro atoms. The van der Waals surface area contributed by atoms with Gasteiger partial charge in [0.1, 0.15) is 12.4 Å². The van der Waals surface area contributed by atoms with Gasteiger partial charge in [0.2, 0.25) is 0 Å². The number of hydrogen-bond donors (Lipinski definition) is 1. The summed E-state index contributed by atoms with van der Waals surface area (Å²) in [5.41, 5.74) is 6.88. The second-order valence-electron chi connectivity index (χ2n) is 3.89. The molecule has 0 radical (unpaired) electrons. The highest BCUT2D eigenvalue weighted by molar-refractivity contribution is 5.47. The van der Waals surface area contributed by atoms with Gasteiger partial charge in [0.05, 0.1) is 6.54 Å². The van der Waals surface area contributed by atoms with E-state index in [1.54, 1.807) is 6.20 Å². The molecule has 0 saturated heterocycles. The summed E-state index contributed by atoms with van der Waals surface area (Å²) in [4.78, 5) is 7.77. The van der Waals surface area contributed by atoms with Crippen LogP contribution >= 0.6 is 0 Å². The number of nitrogens with two attached hydrogens (primary N) is 1. The van der Waals surface area contributed by atoms with Crippen molar-refractivity contribution in [2.24, 2.45) is 4.99 Å². The van der Waals surface area contributed by atoms with Crippen LogP contribution in [0.25, 0.3) is 0 Å². The molecule has 0 unspecified atom stereocenters. The molecule has 1 aromatic rings. The number of anilines is 1. The monoisotopic (exact) mass is 235 g/mol. The topological polar surface area (TPSA) is 60.5 Å². The quantitative estimate of drug-likeness (QED) is 0.815. The fourth-order valence-electron chi connectivity index (χ4n) is 1.49. The van der Waals surface area contributed by atoms with E-state index in [1.165, 1.54) is 31.2 Å². The number of pyridine rings is 1. The van der Waals surface area contributed by atoms with Crippen molar-refractivity contribution in [3.63, 3.8) is 0 Å². The van der Waals surface area contributed by atoms with Crippen LogP contribution in [0.15, 0.2) is 23.3 Å². The van der Waals surface area contributed by atoms with Gasteiger partial charge in [-0.3, -0.25) is 4.99 Å². The van der Waals surface area contributed by atoms with E-state index in [1.807, 2.05) is 6.07 Å². The summed E-state index contributed by atoms with van der Waals surface area (Å²) >= 11 is 0. The van der Waals surface area contributed by atoms with Gasteiger partial charge in [0.25, 0.3) is 0 Å². The lowest BCUT2D eigenvalue weighted by molar-refractivity contribution is 0.361. The summed E-state index contributed by atoms with van der Waals surface area (Å²) in [5.74, 6) is 0.689. The zero-order valence-electron chi connectivity index (χ0n) is 10.4. The fraction of sp³-hybridized carbons (Fsp3) is 0.538. The highest BCUT2D eigenvalue weighted by atomic mass is 16.5. The molecule has 0 fully saturated rings. The second kappa shape index (κ2) is 8.56. The Bertz CT molecular complexity index is 333. The van der Waals surface area contributed by atoms with Gasteiger partial charge in [0, 0.05) is 6.20 Å². The van der Waals surface area contributed by atoms with Crippen LogP contribution in [0.5, 0.6) is 0 Å². The van der Waals surface area contributed by atoms with Crippen molar-refractivity contribution in [1.82, 2.24) is 4.98 Å². The third-order valence-corrected chi connectivity index (χ3v) is 2.46. The van der Waals surface area contributed by atoms with Crippen LogP contribution in [0.1, 0.15) is 31.7 Å². The Morgan fingerprint density at radius 1 is 1.41 bits per heavy atom. The molecule has 0 atom stereocenters. The van der Waals surface area contributed by atoms with Crippen LogP contribution in [-0.2, 0) is 11.2 Å². The Labute approximate surface area is 103 Å². The van der Waals surface area contributed by atoms with E-state index >= 15 is 0 Å². The van der Waals surface area contributed by atoms with Crippen LogP contribution in [0, 0.1) is 0 Å². The van der Waals surface area contributed by atoms with E-state index in [2.05, 4.69) is 27.7 Å². The molecular formula is C13H21N3O. The van der Waals surface area contributed by atoms with Crippen molar-refractivity contribution in [2.75, 3.05) is 18.9 Å². The van der Waals surface area contributed by atoms with Crippen LogP contribution in [-0.4, -0.2) is 24.5 Å². The largest absolute Gasteiger partial charge is 0.482 e. The van der Waals surface area contributed by atoms with Crippen molar-refractivity contribution >= 4 is 12.2 Å². The normalized spacial score (nSPS) is 12.8. The number of nitrogens with zero attached hydrogens (tertiary/aromatic N) is 2. The minimum atomic E-state index is 0.689. The van der Waals surface area contributed by atoms with Crippen molar-refractivity contribution in [1.29, 1.82) is 0 Å². The van der Waals surface area contributed by atoms with Crippen molar-refractivity contribution in [2.45, 2.75) is 32.6 Å². The molecular weight excluding hydrogens is 214 g/mol. The summed E-state index contributed by atoms with van der Waals surface area (Å²) in [6.45, 7) is 3.83. The first-order valence-corrected chi connectivity index (χ1v) is 6.14. The number of ether oxygens (including phenoxy) is 1. The average Bonchev–Trinajstić information content (AvgIpc) is 2.91. The minimum Gasteiger partial charge on any atom is -0.482 e. The van der Waals surface area contributed by atoms with Gasteiger partial charge < -0.3 is 10.5 Å². The number of aromatic nitrogens is 1. The standard InChI is InChI=1S/C10H16N2.C3H5NO/c1-2-3-4-6-9-7-5-8-12-10(9)11;1-2-5-3-4-1/h5,7-8H,2-4,6H2,1H3,(H2,11,12);3H,1-2H2. The molecule has 0 bridgehead atoms. The van der Waals surface area contributed by atoms with Gasteiger partial charge in [-0.15, -0.1) is 0 Å². The van der Waals surface area contributed by atoms with Gasteiger partial charge in [-0.1, -0.05) is 25.8 Å². The van der Waals surface area contributed by atoms with E-state index in [0.717, 1.165) is 19.6 Å². The maximum Gasteiger partial charge on any atom is 0.169 e. The predicted molar refractivity (Wildman–Crippen MR) is 71.2 cm³/mol. The number of unbranched alkanes of at least 4 members (excludes halogenated alkanes) is 2. The first kappa shape index (κ1) is 13.5. The Balaban J connectivity index is 0.000000239. The van der Waals surface area contributed by atoms with Crippen LogP contribution in [0.4, 0.5) is 5.82 Å². The summed E-state index contributed by atoms with van der Waals surface area (Å²) in [6.07, 6.45) is 8.02. The molecule has 1 aliphatic heterocycles. The maximum atomic E-state index is 5.69. The van der Waals surface area contributed by atoms with E-state index in [4.69, 9.17) is 5.73 Å². The molecule has 1 aromatic heterocycles. The average molecular weight is 235 g/mol. The van der Waals surface area contributed by atoms with Crippen LogP contribution < -0.4 is 5.73 Å². The van der Waals surface area contributed by atoms with Gasteiger partial charge in [0.15, 0.2) is 6.40 Å². The first-order chi connectivity index (χ1) is 8.34. The summed E-state index contributed by atoms with van der Waals surface area (Å²) in [7, 11) is 0. The summed E-state index contributed by atoms with van der Waals surface area (Å²) < 4.78 is 4.65. The van der Waals surface area contributed by atoms with E-state index in [-0.39, 0.29) is 0 Å². The second-order valence-corrected chi connectivity index (χ2v) is 3.89. The van der Waals surface area contributed by atoms with Gasteiger partial charge in [-0.25, -0.2) is 4.98 Å². The lowest BCUT2D eigenvalue weighted by atomic mass is 10.1. The Hall–Kier alpha value is -1.58. The summed E-state index contributed by atoms with van der Waals surface area (Å²) in [5, 5.41) is 0. The highest BCUT2D eigenvalue weighted by Gasteiger charge is 1.97. The zero-order chi connectivity index (χ0) is 12.3. The Morgan fingerprint density at radius 2 is 2.29 bits per heavy atom. The zero-order valence-corrected chi connectivity index (χ0v) is 10.4. The van der Waals surface area contributed by atoms with Crippen LogP contribution in [0.2, 0.25) is 0 Å². The molecule has 2 heterocycles. The lowest BCUT2D eigenvalue weighted by Crippen LogP contribution is -1.96. The fourth-order valence-corrected chi connectivity index (χ4v) is 1.49. The van der Waals surface area contributed by atoms with Gasteiger partial charge in [-0.05, 0) is 24.5 Å². The maximum absolute atomic E-state index is 5.69. The van der Waals surface area contributed by atoms with Gasteiger partial charge >= 0.3 is 0 Å². The number of nitrogen functional groups attached to an aromatic ring is 1. The molecule has 4 nitrogen and oxygen atoms in total. The molecule has 4 heteroatoms. The lowest BCUT2D eigenvalue weighted by Gasteiger charge is -2.02. The minimum absolute atomic E-state index is 0.689. The molecule has 2 rings (SSSR count). The summed E-state index contributed by atoms with van der Waals surface area (Å²) in [6, 6.07) is 4.00. The molecule has 17 heavy (non-hydrogen) atoms. The SMILES string of the molecule is C1=NCCO1.CCCCCc1cccnc1N. The Morgan fingerprint density at radius 3 is 2.82 bits per heavy atom. The molecule has 0 saturated carbocycles. The van der Waals surface area contributed by atoms with Crippen molar-refractivity contribution < 1.29 is 4.74 Å². The van der Waals surface area contributed by atoms with Crippen LogP contribution in [0.3, 0.4) is 0 Å². The van der Waals surface area contributed by atoms with E-state index in [9.17, 15) is 0 Å². The number of hydrogen-bond acceptors (Lipinski definition) is 4.